The lowest BCUT2D eigenvalue weighted by molar-refractivity contribution is -0.192. The Hall–Kier alpha value is -1.88. The van der Waals surface area contributed by atoms with E-state index in [4.69, 9.17) is 14.6 Å². The number of methoxy groups -OCH3 is 1. The lowest BCUT2D eigenvalue weighted by atomic mass is 9.78. The summed E-state index contributed by atoms with van der Waals surface area (Å²) in [6.45, 7) is 3.80. The second-order valence-electron chi connectivity index (χ2n) is 7.27. The number of nitrogens with zero attached hydrogens (tertiary/aromatic N) is 3. The maximum atomic E-state index is 12.7. The first-order chi connectivity index (χ1) is 12.9. The molecule has 0 aliphatic carbocycles. The topological polar surface area (TPSA) is 90.4 Å². The fourth-order valence-electron chi connectivity index (χ4n) is 3.40. The molecule has 8 nitrogen and oxygen atoms in total. The van der Waals surface area contributed by atoms with Crippen LogP contribution in [-0.2, 0) is 19.1 Å². The fraction of sp³-hybridized carbons (Fsp3) is 0.824. The van der Waals surface area contributed by atoms with Crippen LogP contribution in [0.15, 0.2) is 0 Å². The number of rotatable bonds is 5. The summed E-state index contributed by atoms with van der Waals surface area (Å²) in [6, 6.07) is 0. The highest BCUT2D eigenvalue weighted by Crippen LogP contribution is 2.40. The molecule has 0 aromatic carbocycles. The van der Waals surface area contributed by atoms with E-state index < -0.39 is 12.1 Å². The molecule has 28 heavy (non-hydrogen) atoms. The first kappa shape index (κ1) is 24.2. The van der Waals surface area contributed by atoms with E-state index in [1.54, 1.807) is 7.11 Å². The van der Waals surface area contributed by atoms with Crippen molar-refractivity contribution in [2.24, 2.45) is 5.41 Å². The van der Waals surface area contributed by atoms with Crippen molar-refractivity contribution >= 4 is 17.8 Å². The first-order valence-corrected chi connectivity index (χ1v) is 8.94. The van der Waals surface area contributed by atoms with Gasteiger partial charge in [-0.2, -0.15) is 13.2 Å². The number of carboxylic acids is 1. The van der Waals surface area contributed by atoms with Gasteiger partial charge in [0.15, 0.2) is 0 Å². The van der Waals surface area contributed by atoms with Gasteiger partial charge in [-0.3, -0.25) is 9.59 Å². The zero-order valence-electron chi connectivity index (χ0n) is 16.4. The van der Waals surface area contributed by atoms with Crippen LogP contribution in [-0.4, -0.2) is 104 Å². The van der Waals surface area contributed by atoms with Gasteiger partial charge in [0.25, 0.3) is 0 Å². The highest BCUT2D eigenvalue weighted by molar-refractivity contribution is 5.86. The fourth-order valence-corrected chi connectivity index (χ4v) is 3.40. The predicted octanol–water partition coefficient (Wildman–Crippen LogP) is 0.669. The molecule has 2 fully saturated rings. The highest BCUT2D eigenvalue weighted by atomic mass is 19.4. The average Bonchev–Trinajstić information content (AvgIpc) is 2.88. The number of amides is 2. The highest BCUT2D eigenvalue weighted by Gasteiger charge is 2.49. The number of likely N-dealkylation sites (N-methyl/N-ethyl adjacent to an activating group) is 1. The molecule has 2 aliphatic heterocycles. The number of carbonyl (C=O) groups excluding carboxylic acids is 2. The van der Waals surface area contributed by atoms with Crippen molar-refractivity contribution in [1.82, 2.24) is 14.7 Å². The number of hydrogen-bond donors (Lipinski definition) is 1. The number of ether oxygens (including phenoxy) is 1. The largest absolute Gasteiger partial charge is 0.490 e. The molecule has 162 valence electrons. The molecule has 0 saturated carbocycles. The number of likely N-dealkylation sites (tertiary alicyclic amines) is 2. The van der Waals surface area contributed by atoms with Crippen molar-refractivity contribution in [3.8, 4) is 0 Å². The monoisotopic (exact) mass is 411 g/mol. The van der Waals surface area contributed by atoms with Crippen molar-refractivity contribution < 1.29 is 37.4 Å². The Kier molecular flexibility index (Phi) is 8.68. The maximum Gasteiger partial charge on any atom is 0.490 e. The molecule has 11 heteroatoms. The third-order valence-corrected chi connectivity index (χ3v) is 4.79. The normalized spacial score (nSPS) is 22.5. The number of piperidine rings is 1. The predicted molar refractivity (Wildman–Crippen MR) is 93.6 cm³/mol. The molecule has 2 amide bonds. The van der Waals surface area contributed by atoms with Gasteiger partial charge < -0.3 is 24.5 Å². The number of carboxylic acid groups (broad SMARTS) is 1. The zero-order valence-corrected chi connectivity index (χ0v) is 16.4. The van der Waals surface area contributed by atoms with Gasteiger partial charge in [-0.25, -0.2) is 4.79 Å². The van der Waals surface area contributed by atoms with Gasteiger partial charge in [0.05, 0.1) is 18.6 Å². The van der Waals surface area contributed by atoms with Crippen LogP contribution in [0.2, 0.25) is 0 Å². The third kappa shape index (κ3) is 6.62. The van der Waals surface area contributed by atoms with E-state index in [0.717, 1.165) is 32.4 Å². The molecular weight excluding hydrogens is 383 g/mol. The van der Waals surface area contributed by atoms with Gasteiger partial charge in [-0.15, -0.1) is 0 Å². The molecule has 1 unspecified atom stereocenters. The van der Waals surface area contributed by atoms with Gasteiger partial charge in [0, 0.05) is 33.3 Å². The number of alkyl halides is 3. The van der Waals surface area contributed by atoms with Gasteiger partial charge in [0.1, 0.15) is 0 Å². The Morgan fingerprint density at radius 1 is 1.25 bits per heavy atom. The smallest absolute Gasteiger partial charge is 0.475 e. The Morgan fingerprint density at radius 2 is 1.86 bits per heavy atom. The van der Waals surface area contributed by atoms with Crippen molar-refractivity contribution in [3.05, 3.63) is 0 Å². The molecule has 2 aliphatic rings. The first-order valence-electron chi connectivity index (χ1n) is 8.94. The summed E-state index contributed by atoms with van der Waals surface area (Å²) in [6.07, 6.45) is -2.40. The minimum absolute atomic E-state index is 0.127. The summed E-state index contributed by atoms with van der Waals surface area (Å²) in [5.41, 5.74) is -0.339. The molecule has 0 aromatic rings. The quantitative estimate of drug-likeness (QED) is 0.715. The molecule has 0 bridgehead atoms. The van der Waals surface area contributed by atoms with E-state index in [9.17, 15) is 22.8 Å². The van der Waals surface area contributed by atoms with E-state index in [1.807, 2.05) is 28.8 Å². The van der Waals surface area contributed by atoms with Crippen LogP contribution in [0.3, 0.4) is 0 Å². The average molecular weight is 411 g/mol. The second-order valence-corrected chi connectivity index (χ2v) is 7.27. The molecule has 1 N–H and O–H groups in total. The minimum Gasteiger partial charge on any atom is -0.475 e. The number of carbonyl (C=O) groups is 3. The van der Waals surface area contributed by atoms with Crippen LogP contribution in [0.4, 0.5) is 13.2 Å². The number of aliphatic carboxylic acids is 1. The summed E-state index contributed by atoms with van der Waals surface area (Å²) >= 11 is 0. The van der Waals surface area contributed by atoms with E-state index in [0.29, 0.717) is 26.2 Å². The SMILES string of the molecule is COCCN1CCC2(CCCN(C(=O)CN(C)C)C2)C1=O.O=C(O)C(F)(F)F. The van der Waals surface area contributed by atoms with E-state index in [-0.39, 0.29) is 17.2 Å². The van der Waals surface area contributed by atoms with Crippen LogP contribution >= 0.6 is 0 Å². The zero-order chi connectivity index (χ0) is 21.5. The van der Waals surface area contributed by atoms with Gasteiger partial charge in [-0.05, 0) is 33.4 Å². The maximum absolute atomic E-state index is 12.7. The summed E-state index contributed by atoms with van der Waals surface area (Å²) in [7, 11) is 5.44. The number of halogens is 3. The van der Waals surface area contributed by atoms with Crippen LogP contribution in [0.25, 0.3) is 0 Å². The lowest BCUT2D eigenvalue weighted by Gasteiger charge is -2.39. The standard InChI is InChI=1S/C15H27N3O3.C2HF3O2/c1-16(2)11-13(19)18-7-4-5-15(12-18)6-8-17(14(15)20)9-10-21-3;3-2(4,5)1(6)7/h4-12H2,1-3H3;(H,6,7). The summed E-state index contributed by atoms with van der Waals surface area (Å²) in [5.74, 6) is -2.42. The molecule has 2 saturated heterocycles. The van der Waals surface area contributed by atoms with Crippen LogP contribution < -0.4 is 0 Å². The summed E-state index contributed by atoms with van der Waals surface area (Å²) in [4.78, 5) is 39.5. The van der Waals surface area contributed by atoms with Crippen LogP contribution in [0.5, 0.6) is 0 Å². The molecular formula is C17H28F3N3O5. The molecule has 2 heterocycles. The molecule has 2 rings (SSSR count). The number of hydrogen-bond acceptors (Lipinski definition) is 5. The molecule has 0 aromatic heterocycles. The van der Waals surface area contributed by atoms with Crippen LogP contribution in [0, 0.1) is 5.41 Å². The molecule has 1 atom stereocenters. The summed E-state index contributed by atoms with van der Waals surface area (Å²) < 4.78 is 36.8. The van der Waals surface area contributed by atoms with Crippen LogP contribution in [0.1, 0.15) is 19.3 Å². The van der Waals surface area contributed by atoms with Gasteiger partial charge >= 0.3 is 12.1 Å². The second kappa shape index (κ2) is 10.1. The molecule has 0 radical (unpaired) electrons. The Labute approximate surface area is 162 Å². The van der Waals surface area contributed by atoms with Crippen molar-refractivity contribution in [2.75, 3.05) is 60.5 Å². The third-order valence-electron chi connectivity index (χ3n) is 4.79. The Morgan fingerprint density at radius 3 is 2.36 bits per heavy atom. The summed E-state index contributed by atoms with van der Waals surface area (Å²) in [5, 5.41) is 7.12. The van der Waals surface area contributed by atoms with E-state index >= 15 is 0 Å². The van der Waals surface area contributed by atoms with Crippen molar-refractivity contribution in [1.29, 1.82) is 0 Å². The minimum atomic E-state index is -5.08. The van der Waals surface area contributed by atoms with E-state index in [2.05, 4.69) is 0 Å². The van der Waals surface area contributed by atoms with E-state index in [1.165, 1.54) is 0 Å². The van der Waals surface area contributed by atoms with Crippen molar-refractivity contribution in [2.45, 2.75) is 25.4 Å². The van der Waals surface area contributed by atoms with Crippen molar-refractivity contribution in [3.63, 3.8) is 0 Å². The van der Waals surface area contributed by atoms with Gasteiger partial charge in [0.2, 0.25) is 11.8 Å². The van der Waals surface area contributed by atoms with Gasteiger partial charge in [-0.1, -0.05) is 0 Å². The lowest BCUT2D eigenvalue weighted by Crippen LogP contribution is -2.51. The Balaban J connectivity index is 0.000000480. The Bertz CT molecular complexity index is 571. The molecule has 1 spiro atoms.